The summed E-state index contributed by atoms with van der Waals surface area (Å²) in [5, 5.41) is 42.0. The number of aromatic hydroxyl groups is 1. The van der Waals surface area contributed by atoms with E-state index >= 15 is 0 Å². The molecule has 5 atom stereocenters. The highest BCUT2D eigenvalue weighted by atomic mass is 32.1. The van der Waals surface area contributed by atoms with Crippen molar-refractivity contribution >= 4 is 34.8 Å². The molecule has 0 spiro atoms. The number of aliphatic hydroxyl groups excluding tert-OH is 1. The number of likely N-dealkylation sites (tertiary alicyclic amines) is 3. The molecule has 2 amide bonds. The summed E-state index contributed by atoms with van der Waals surface area (Å²) in [5.41, 5.74) is 14.0. The average molecular weight is 1100 g/mol. The number of piperidine rings is 3. The van der Waals surface area contributed by atoms with Crippen molar-refractivity contribution in [2.24, 2.45) is 17.8 Å². The molecule has 0 radical (unpaired) electrons. The van der Waals surface area contributed by atoms with Gasteiger partial charge in [0, 0.05) is 80.7 Å². The minimum atomic E-state index is -0.797. The lowest BCUT2D eigenvalue weighted by atomic mass is 9.83. The van der Waals surface area contributed by atoms with E-state index in [1.54, 1.807) is 28.4 Å². The summed E-state index contributed by atoms with van der Waals surface area (Å²) >= 11 is 1.60. The summed E-state index contributed by atoms with van der Waals surface area (Å²) in [6.45, 7) is 17.5. The predicted octanol–water partition coefficient (Wildman–Crippen LogP) is 8.50. The number of ether oxygens (including phenoxy) is 1. The maximum Gasteiger partial charge on any atom is 0.243 e. The standard InChI is InChI=1S/C60H78N12O6S/c1-36(2)56(60(76)71-34-46(73)28-52(71)59(75)64-37(3)41-10-12-43(13-11-41)57-38(4)62-35-79-57)54-30-55(67-78-54)70-22-14-40(15-23-70)32-68-20-18-47(19-21-68)77-48-26-45(27-48)69-24-16-42(17-25-69)39(5)72-33-44(31-63-72)50-29-51(65-66-58(50)61)49-8-6-7-9-53(49)74/h6-13,29-31,33,35-37,39-40,42,45-48,52,56,73-74H,14-28,32,34H2,1-5H3,(H2,61,66)(H,64,75)/t37-,39+,45?,46+,48?,52-,56+/m0/s1. The number of phenolic OH excluding ortho intramolecular Hbond substituents is 1. The maximum atomic E-state index is 14.4. The smallest absolute Gasteiger partial charge is 0.243 e. The van der Waals surface area contributed by atoms with E-state index in [4.69, 9.17) is 20.1 Å². The van der Waals surface area contributed by atoms with Gasteiger partial charge in [-0.3, -0.25) is 14.3 Å². The molecule has 8 heterocycles. The zero-order valence-corrected chi connectivity index (χ0v) is 47.2. The number of rotatable bonds is 17. The minimum Gasteiger partial charge on any atom is -0.507 e. The third-order valence-corrected chi connectivity index (χ3v) is 18.9. The SMILES string of the molecule is Cc1ncsc1-c1ccc([C@H](C)NC(=O)[C@@H]2C[C@@H](O)CN2C(=O)[C@@H](c2cc(N3CCC(CN4CCC(OC5CC(N6CCC([C@@H](C)n7cc(-c8cc(-c9ccccc9O)nnc8N)cn7)CC6)C5)CC4)CC3)no2)C(C)C)cc1. The number of nitrogens with two attached hydrogens (primary N) is 1. The van der Waals surface area contributed by atoms with Crippen LogP contribution < -0.4 is 16.0 Å². The number of aryl methyl sites for hydroxylation is 1. The number of phenols is 1. The van der Waals surface area contributed by atoms with Crippen molar-refractivity contribution in [2.75, 3.05) is 63.0 Å². The molecule has 1 aliphatic carbocycles. The zero-order valence-electron chi connectivity index (χ0n) is 46.4. The molecular formula is C60H78N12O6S. The molecule has 2 aromatic carbocycles. The molecule has 5 aliphatic rings. The number of thiazole rings is 1. The number of carbonyl (C=O) groups is 2. The summed E-state index contributed by atoms with van der Waals surface area (Å²) in [7, 11) is 0. The maximum absolute atomic E-state index is 14.4. The Kier molecular flexibility index (Phi) is 16.5. The van der Waals surface area contributed by atoms with Gasteiger partial charge < -0.3 is 50.1 Å². The van der Waals surface area contributed by atoms with Crippen LogP contribution in [0.25, 0.3) is 32.8 Å². The largest absolute Gasteiger partial charge is 0.507 e. The van der Waals surface area contributed by atoms with Gasteiger partial charge in [-0.05, 0) is 132 Å². The topological polar surface area (TPSA) is 217 Å². The Hall–Kier alpha value is -6.25. The van der Waals surface area contributed by atoms with Gasteiger partial charge in [-0.2, -0.15) is 5.10 Å². The second-order valence-corrected chi connectivity index (χ2v) is 24.4. The molecule has 4 saturated heterocycles. The second-order valence-electron chi connectivity index (χ2n) is 23.5. The van der Waals surface area contributed by atoms with Crippen LogP contribution in [-0.4, -0.2) is 150 Å². The van der Waals surface area contributed by atoms with Crippen molar-refractivity contribution in [3.8, 4) is 38.6 Å². The van der Waals surface area contributed by atoms with Gasteiger partial charge in [-0.25, -0.2) is 4.98 Å². The van der Waals surface area contributed by atoms with Crippen LogP contribution in [0.2, 0.25) is 0 Å². The number of aliphatic hydroxyl groups is 1. The van der Waals surface area contributed by atoms with Gasteiger partial charge in [0.2, 0.25) is 11.8 Å². The molecule has 5 fully saturated rings. The Morgan fingerprint density at radius 3 is 2.33 bits per heavy atom. The van der Waals surface area contributed by atoms with Crippen LogP contribution in [0.1, 0.15) is 121 Å². The molecular weight excluding hydrogens is 1020 g/mol. The Morgan fingerprint density at radius 2 is 1.62 bits per heavy atom. The number of amides is 2. The van der Waals surface area contributed by atoms with Crippen molar-refractivity contribution in [1.29, 1.82) is 0 Å². The van der Waals surface area contributed by atoms with Gasteiger partial charge >= 0.3 is 0 Å². The molecule has 11 rings (SSSR count). The number of nitrogens with one attached hydrogen (secondary N) is 1. The molecule has 19 heteroatoms. The lowest BCUT2D eigenvalue weighted by Gasteiger charge is -2.47. The Morgan fingerprint density at radius 1 is 0.873 bits per heavy atom. The highest BCUT2D eigenvalue weighted by molar-refractivity contribution is 7.13. The van der Waals surface area contributed by atoms with Crippen molar-refractivity contribution in [2.45, 2.75) is 141 Å². The van der Waals surface area contributed by atoms with Crippen LogP contribution in [0.15, 0.2) is 83.1 Å². The number of β-amino-alcohol motifs (C(OH)–C–C–N with tert-alkyl or cyclic N) is 1. The summed E-state index contributed by atoms with van der Waals surface area (Å²) < 4.78 is 14.7. The number of anilines is 2. The van der Waals surface area contributed by atoms with E-state index in [2.05, 4.69) is 58.2 Å². The van der Waals surface area contributed by atoms with Crippen molar-refractivity contribution in [3.63, 3.8) is 0 Å². The minimum absolute atomic E-state index is 0.0904. The first kappa shape index (κ1) is 54.7. The van der Waals surface area contributed by atoms with E-state index in [0.29, 0.717) is 52.9 Å². The fourth-order valence-electron chi connectivity index (χ4n) is 13.0. The first-order valence-corrected chi connectivity index (χ1v) is 29.7. The van der Waals surface area contributed by atoms with Crippen LogP contribution in [0, 0.1) is 24.7 Å². The lowest BCUT2D eigenvalue weighted by Crippen LogP contribution is -2.52. The third-order valence-electron chi connectivity index (χ3n) is 17.9. The lowest BCUT2D eigenvalue weighted by molar-refractivity contribution is -0.141. The van der Waals surface area contributed by atoms with Crippen molar-refractivity contribution in [1.82, 2.24) is 50.1 Å². The summed E-state index contributed by atoms with van der Waals surface area (Å²) in [6.07, 6.45) is 12.8. The number of carbonyl (C=O) groups excluding carboxylic acids is 2. The first-order chi connectivity index (χ1) is 38.2. The van der Waals surface area contributed by atoms with Crippen LogP contribution in [0.3, 0.4) is 0 Å². The van der Waals surface area contributed by atoms with E-state index in [1.807, 2.05) is 87.9 Å². The Balaban J connectivity index is 0.586. The van der Waals surface area contributed by atoms with E-state index in [9.17, 15) is 19.8 Å². The van der Waals surface area contributed by atoms with Gasteiger partial charge in [-0.1, -0.05) is 55.4 Å². The highest BCUT2D eigenvalue weighted by Gasteiger charge is 2.44. The molecule has 4 aliphatic heterocycles. The molecule has 79 heavy (non-hydrogen) atoms. The van der Waals surface area contributed by atoms with Crippen molar-refractivity contribution < 1.29 is 29.1 Å². The first-order valence-electron chi connectivity index (χ1n) is 28.8. The third kappa shape index (κ3) is 12.1. The number of benzene rings is 2. The van der Waals surface area contributed by atoms with Gasteiger partial charge in [0.1, 0.15) is 17.7 Å². The van der Waals surface area contributed by atoms with E-state index in [1.165, 1.54) is 0 Å². The molecule has 0 unspecified atom stereocenters. The number of nitrogens with zero attached hydrogens (tertiary/aromatic N) is 10. The fourth-order valence-corrected chi connectivity index (χ4v) is 13.8. The summed E-state index contributed by atoms with van der Waals surface area (Å²) in [6, 6.07) is 18.8. The molecule has 420 valence electrons. The number of nitrogen functional groups attached to an aromatic ring is 1. The van der Waals surface area contributed by atoms with Crippen LogP contribution in [-0.2, 0) is 14.3 Å². The summed E-state index contributed by atoms with van der Waals surface area (Å²) in [4.78, 5) is 42.9. The van der Waals surface area contributed by atoms with Crippen LogP contribution in [0.4, 0.5) is 11.6 Å². The highest BCUT2D eigenvalue weighted by Crippen LogP contribution is 2.39. The molecule has 5 N–H and O–H groups in total. The Labute approximate surface area is 467 Å². The Bertz CT molecular complexity index is 3020. The molecule has 6 aromatic rings. The van der Waals surface area contributed by atoms with Gasteiger partial charge in [0.05, 0.1) is 58.4 Å². The zero-order chi connectivity index (χ0) is 54.9. The molecule has 0 bridgehead atoms. The average Bonchev–Trinajstić information content (AvgIpc) is 4.36. The number of aromatic nitrogens is 6. The number of hydrogen-bond donors (Lipinski definition) is 4. The summed E-state index contributed by atoms with van der Waals surface area (Å²) in [5.74, 6) is 1.59. The van der Waals surface area contributed by atoms with E-state index in [-0.39, 0.29) is 48.5 Å². The molecule has 4 aromatic heterocycles. The quantitative estimate of drug-likeness (QED) is 0.0673. The van der Waals surface area contributed by atoms with Crippen molar-refractivity contribution in [3.05, 3.63) is 95.6 Å². The number of para-hydroxylation sites is 1. The monoisotopic (exact) mass is 1090 g/mol. The molecule has 1 saturated carbocycles. The number of hydrogen-bond acceptors (Lipinski definition) is 16. The fraction of sp³-hybridized carbons (Fsp3) is 0.550. The van der Waals surface area contributed by atoms with Gasteiger partial charge in [-0.15, -0.1) is 21.5 Å². The van der Waals surface area contributed by atoms with E-state index in [0.717, 1.165) is 136 Å². The normalized spacial score (nSPS) is 23.2. The van der Waals surface area contributed by atoms with E-state index < -0.39 is 18.1 Å². The van der Waals surface area contributed by atoms with Crippen LogP contribution >= 0.6 is 11.3 Å². The van der Waals surface area contributed by atoms with Gasteiger partial charge in [0.25, 0.3) is 0 Å². The molecule has 18 nitrogen and oxygen atoms in total. The van der Waals surface area contributed by atoms with Crippen LogP contribution in [0.5, 0.6) is 5.75 Å². The van der Waals surface area contributed by atoms with Gasteiger partial charge in [0.15, 0.2) is 17.4 Å². The second kappa shape index (κ2) is 23.8. The predicted molar refractivity (Wildman–Crippen MR) is 305 cm³/mol.